The van der Waals surface area contributed by atoms with Crippen LogP contribution in [0.15, 0.2) is 52.4 Å². The van der Waals surface area contributed by atoms with Gasteiger partial charge in [0.1, 0.15) is 0 Å². The molecule has 0 spiro atoms. The van der Waals surface area contributed by atoms with E-state index in [-0.39, 0.29) is 15.6 Å². The van der Waals surface area contributed by atoms with Crippen LogP contribution in [0.2, 0.25) is 0 Å². The summed E-state index contributed by atoms with van der Waals surface area (Å²) >= 11 is -0.0240. The van der Waals surface area contributed by atoms with Crippen LogP contribution < -0.4 is 4.35 Å². The van der Waals surface area contributed by atoms with Gasteiger partial charge in [0.25, 0.3) is 0 Å². The first kappa shape index (κ1) is 8.14. The average molecular weight is 241 g/mol. The Morgan fingerprint density at radius 3 is 2.43 bits per heavy atom. The topological polar surface area (TPSA) is 12.4 Å². The van der Waals surface area contributed by atoms with Crippen LogP contribution in [0.5, 0.6) is 0 Å². The predicted molar refractivity (Wildman–Crippen MR) is 59.4 cm³/mol. The number of fused-ring (bicyclic) bond motifs is 3. The fourth-order valence-corrected chi connectivity index (χ4v) is 3.46. The van der Waals surface area contributed by atoms with Crippen LogP contribution in [-0.4, -0.2) is 15.6 Å². The molecule has 1 aliphatic heterocycles. The third-order valence-electron chi connectivity index (χ3n) is 2.36. The van der Waals surface area contributed by atoms with Crippen LogP contribution in [0.25, 0.3) is 11.1 Å². The third-order valence-corrected chi connectivity index (χ3v) is 4.30. The Kier molecular flexibility index (Phi) is 1.85. The summed E-state index contributed by atoms with van der Waals surface area (Å²) in [7, 11) is 0. The first-order chi connectivity index (χ1) is 6.95. The van der Waals surface area contributed by atoms with Gasteiger partial charge in [0.15, 0.2) is 0 Å². The predicted octanol–water partition coefficient (Wildman–Crippen LogP) is 2.51. The standard InChI is InChI=1S/C12H8AsN/c1-3-7-11-9(5-1)10-6-2-4-8-12(10)14-13-11/h1-8H. The molecule has 0 bridgehead atoms. The molecule has 1 heterocycles. The molecule has 0 N–H and O–H groups in total. The minimum atomic E-state index is -0.0240. The van der Waals surface area contributed by atoms with Crippen LogP contribution >= 0.6 is 0 Å². The van der Waals surface area contributed by atoms with Gasteiger partial charge in [-0.3, -0.25) is 0 Å². The van der Waals surface area contributed by atoms with Gasteiger partial charge in [0.05, 0.1) is 0 Å². The summed E-state index contributed by atoms with van der Waals surface area (Å²) in [6.45, 7) is 0. The molecule has 0 atom stereocenters. The zero-order valence-electron chi connectivity index (χ0n) is 7.51. The van der Waals surface area contributed by atoms with Crippen LogP contribution in [0.4, 0.5) is 5.69 Å². The van der Waals surface area contributed by atoms with Gasteiger partial charge in [-0.05, 0) is 0 Å². The van der Waals surface area contributed by atoms with E-state index < -0.39 is 0 Å². The zero-order chi connectivity index (χ0) is 9.38. The molecule has 0 unspecified atom stereocenters. The second kappa shape index (κ2) is 3.18. The Hall–Kier alpha value is -1.20. The maximum absolute atomic E-state index is 4.63. The summed E-state index contributed by atoms with van der Waals surface area (Å²) in [5.74, 6) is 0. The van der Waals surface area contributed by atoms with E-state index in [1.165, 1.54) is 15.5 Å². The van der Waals surface area contributed by atoms with Gasteiger partial charge in [-0.25, -0.2) is 0 Å². The fourth-order valence-electron chi connectivity index (χ4n) is 1.68. The number of nitrogens with zero attached hydrogens (tertiary/aromatic N) is 1. The first-order valence-corrected chi connectivity index (χ1v) is 6.33. The minimum absolute atomic E-state index is 0.0240. The Morgan fingerprint density at radius 1 is 0.786 bits per heavy atom. The van der Waals surface area contributed by atoms with E-state index >= 15 is 0 Å². The molecule has 66 valence electrons. The molecular weight excluding hydrogens is 233 g/mol. The van der Waals surface area contributed by atoms with E-state index in [2.05, 4.69) is 52.4 Å². The maximum atomic E-state index is 4.63. The third kappa shape index (κ3) is 1.17. The van der Waals surface area contributed by atoms with Crippen LogP contribution in [0.1, 0.15) is 0 Å². The molecule has 2 aromatic carbocycles. The summed E-state index contributed by atoms with van der Waals surface area (Å²) in [6, 6.07) is 17.0. The van der Waals surface area contributed by atoms with Gasteiger partial charge in [0.2, 0.25) is 0 Å². The zero-order valence-corrected chi connectivity index (χ0v) is 9.39. The molecule has 0 aliphatic carbocycles. The quantitative estimate of drug-likeness (QED) is 0.536. The van der Waals surface area contributed by atoms with Gasteiger partial charge >= 0.3 is 89.1 Å². The van der Waals surface area contributed by atoms with E-state index in [0.717, 1.165) is 5.69 Å². The van der Waals surface area contributed by atoms with E-state index in [1.807, 2.05) is 0 Å². The van der Waals surface area contributed by atoms with Crippen LogP contribution in [-0.2, 0) is 0 Å². The van der Waals surface area contributed by atoms with Crippen molar-refractivity contribution in [2.45, 2.75) is 0 Å². The molecule has 0 saturated heterocycles. The van der Waals surface area contributed by atoms with Gasteiger partial charge in [-0.1, -0.05) is 0 Å². The van der Waals surface area contributed by atoms with Crippen molar-refractivity contribution in [3.63, 3.8) is 0 Å². The van der Waals surface area contributed by atoms with Crippen molar-refractivity contribution < 1.29 is 0 Å². The Morgan fingerprint density at radius 2 is 1.50 bits per heavy atom. The van der Waals surface area contributed by atoms with Gasteiger partial charge in [0, 0.05) is 0 Å². The molecule has 0 radical (unpaired) electrons. The summed E-state index contributed by atoms with van der Waals surface area (Å²) < 4.78 is 6.05. The van der Waals surface area contributed by atoms with Crippen molar-refractivity contribution >= 4 is 25.6 Å². The number of hydrogen-bond acceptors (Lipinski definition) is 1. The van der Waals surface area contributed by atoms with Crippen molar-refractivity contribution in [1.82, 2.24) is 0 Å². The van der Waals surface area contributed by atoms with Crippen molar-refractivity contribution in [2.24, 2.45) is 3.86 Å². The Bertz CT molecular complexity index is 470. The van der Waals surface area contributed by atoms with Crippen molar-refractivity contribution in [3.8, 4) is 11.1 Å². The second-order valence-corrected chi connectivity index (χ2v) is 5.08. The monoisotopic (exact) mass is 241 g/mol. The van der Waals surface area contributed by atoms with E-state index in [9.17, 15) is 0 Å². The SMILES string of the molecule is c1ccc2c(c1)N=[As]c1ccccc1-2. The van der Waals surface area contributed by atoms with Crippen molar-refractivity contribution in [1.29, 1.82) is 0 Å². The molecule has 0 amide bonds. The van der Waals surface area contributed by atoms with Gasteiger partial charge in [-0.2, -0.15) is 0 Å². The molecule has 2 heteroatoms. The second-order valence-electron chi connectivity index (χ2n) is 3.23. The Balaban J connectivity index is 2.36. The van der Waals surface area contributed by atoms with E-state index in [4.69, 9.17) is 0 Å². The molecule has 3 rings (SSSR count). The van der Waals surface area contributed by atoms with Gasteiger partial charge in [-0.15, -0.1) is 0 Å². The molecule has 0 aromatic heterocycles. The number of benzene rings is 2. The van der Waals surface area contributed by atoms with Gasteiger partial charge < -0.3 is 0 Å². The molecule has 1 aliphatic rings. The molecule has 2 aromatic rings. The summed E-state index contributed by atoms with van der Waals surface area (Å²) in [6.07, 6.45) is 0. The average Bonchev–Trinajstić information content (AvgIpc) is 2.29. The summed E-state index contributed by atoms with van der Waals surface area (Å²) in [4.78, 5) is 0. The molecule has 0 saturated carbocycles. The normalized spacial score (nSPS) is 13.1. The first-order valence-electron chi connectivity index (χ1n) is 4.55. The van der Waals surface area contributed by atoms with Crippen LogP contribution in [0.3, 0.4) is 0 Å². The van der Waals surface area contributed by atoms with E-state index in [0.29, 0.717) is 0 Å². The molecule has 14 heavy (non-hydrogen) atoms. The van der Waals surface area contributed by atoms with Crippen molar-refractivity contribution in [3.05, 3.63) is 48.5 Å². The summed E-state index contributed by atoms with van der Waals surface area (Å²) in [5, 5.41) is 0. The van der Waals surface area contributed by atoms with E-state index in [1.54, 1.807) is 0 Å². The van der Waals surface area contributed by atoms with Crippen LogP contribution in [0, 0.1) is 0 Å². The van der Waals surface area contributed by atoms with Crippen molar-refractivity contribution in [2.75, 3.05) is 0 Å². The molecular formula is C12H8AsN. The number of rotatable bonds is 0. The summed E-state index contributed by atoms with van der Waals surface area (Å²) in [5.41, 5.74) is 3.81. The fraction of sp³-hybridized carbons (Fsp3) is 0. The Labute approximate surface area is 89.3 Å². The molecule has 1 nitrogen and oxygen atoms in total. The number of hydrogen-bond donors (Lipinski definition) is 0. The molecule has 0 fully saturated rings.